The van der Waals surface area contributed by atoms with Crippen molar-refractivity contribution >= 4 is 28.6 Å². The predicted octanol–water partition coefficient (Wildman–Crippen LogP) is 3.64. The molecule has 184 valence electrons. The second-order valence-electron chi connectivity index (χ2n) is 8.39. The number of carbonyl (C=O) groups excluding carboxylic acids is 1. The van der Waals surface area contributed by atoms with E-state index in [0.29, 0.717) is 34.0 Å². The van der Waals surface area contributed by atoms with Crippen LogP contribution >= 0.6 is 0 Å². The third-order valence-corrected chi connectivity index (χ3v) is 6.05. The van der Waals surface area contributed by atoms with Crippen LogP contribution in [-0.2, 0) is 4.79 Å². The van der Waals surface area contributed by atoms with Crippen LogP contribution in [0.2, 0.25) is 0 Å². The average molecular weight is 494 g/mol. The maximum atomic E-state index is 13.8. The molecule has 10 heteroatoms. The second kappa shape index (κ2) is 9.83. The number of nitrogens with zero attached hydrogens (tertiary/aromatic N) is 6. The van der Waals surface area contributed by atoms with Gasteiger partial charge in [-0.2, -0.15) is 5.26 Å². The molecule has 4 aromatic rings. The van der Waals surface area contributed by atoms with Crippen LogP contribution in [0.3, 0.4) is 0 Å². The molecule has 0 aliphatic heterocycles. The average Bonchev–Trinajstić information content (AvgIpc) is 3.22. The summed E-state index contributed by atoms with van der Waals surface area (Å²) in [5, 5.41) is 8.87. The number of carbonyl (C=O) groups is 1. The third kappa shape index (κ3) is 4.46. The molecule has 2 aromatic heterocycles. The summed E-state index contributed by atoms with van der Waals surface area (Å²) in [6.07, 6.45) is 8.80. The smallest absolute Gasteiger partial charge is 0.339 e. The van der Waals surface area contributed by atoms with Crippen molar-refractivity contribution in [3.8, 4) is 23.2 Å². The Balaban J connectivity index is 1.59. The molecular weight excluding hydrogens is 470 g/mol. The Kier molecular flexibility index (Phi) is 6.26. The molecule has 0 saturated carbocycles. The van der Waals surface area contributed by atoms with Crippen molar-refractivity contribution in [2.75, 3.05) is 17.7 Å². The molecule has 1 aliphatic carbocycles. The lowest BCUT2D eigenvalue weighted by molar-refractivity contribution is -0.117. The number of hydrogen-bond donors (Lipinski definition) is 1. The quantitative estimate of drug-likeness (QED) is 0.434. The van der Waals surface area contributed by atoms with Gasteiger partial charge in [0.2, 0.25) is 5.91 Å². The van der Waals surface area contributed by atoms with E-state index in [-0.39, 0.29) is 18.1 Å². The highest BCUT2D eigenvalue weighted by atomic mass is 16.5. The van der Waals surface area contributed by atoms with Gasteiger partial charge < -0.3 is 15.4 Å². The molecule has 1 aliphatic rings. The van der Waals surface area contributed by atoms with Crippen molar-refractivity contribution in [2.24, 2.45) is 0 Å². The first-order valence-corrected chi connectivity index (χ1v) is 11.6. The van der Waals surface area contributed by atoms with Gasteiger partial charge in [0, 0.05) is 19.2 Å². The molecule has 0 radical (unpaired) electrons. The van der Waals surface area contributed by atoms with E-state index >= 15 is 0 Å². The van der Waals surface area contributed by atoms with Crippen LogP contribution in [-0.4, -0.2) is 32.1 Å². The summed E-state index contributed by atoms with van der Waals surface area (Å²) in [6.45, 7) is 0. The van der Waals surface area contributed by atoms with Gasteiger partial charge in [-0.1, -0.05) is 18.2 Å². The van der Waals surface area contributed by atoms with Crippen molar-refractivity contribution in [1.82, 2.24) is 19.1 Å². The predicted molar refractivity (Wildman–Crippen MR) is 140 cm³/mol. The van der Waals surface area contributed by atoms with E-state index in [1.165, 1.54) is 20.4 Å². The van der Waals surface area contributed by atoms with E-state index in [0.717, 1.165) is 18.6 Å². The molecule has 1 amide bonds. The van der Waals surface area contributed by atoms with Gasteiger partial charge in [0.25, 0.3) is 0 Å². The first-order chi connectivity index (χ1) is 18.0. The number of nitriles is 1. The fourth-order valence-electron chi connectivity index (χ4n) is 4.17. The molecule has 0 unspecified atom stereocenters. The van der Waals surface area contributed by atoms with E-state index in [2.05, 4.69) is 16.0 Å². The Labute approximate surface area is 212 Å². The number of amides is 1. The highest BCUT2D eigenvalue weighted by Crippen LogP contribution is 2.26. The number of allylic oxidation sites excluding steroid dienone is 4. The first-order valence-electron chi connectivity index (χ1n) is 11.6. The summed E-state index contributed by atoms with van der Waals surface area (Å²) in [5.41, 5.74) is 8.07. The van der Waals surface area contributed by atoms with Crippen molar-refractivity contribution < 1.29 is 9.53 Å². The standard InChI is InChI=1S/C27H23N7O3/c1-32(23(35)14-15-28)19-6-5-7-20(16-19)34-26-24(25(29)30-17-31-26)33(27(34)36)18-10-12-22(13-11-18)37-21-8-3-2-4-9-21/h2-3,5-8,10-13,16-17H,4,9,14H2,1H3,(H2,29,30,31). The van der Waals surface area contributed by atoms with Gasteiger partial charge in [-0.25, -0.2) is 19.3 Å². The molecule has 5 rings (SSSR count). The molecule has 0 atom stereocenters. The number of nitrogens with two attached hydrogens (primary N) is 1. The largest absolute Gasteiger partial charge is 0.462 e. The summed E-state index contributed by atoms with van der Waals surface area (Å²) in [5.74, 6) is 1.32. The molecular formula is C27H23N7O3. The van der Waals surface area contributed by atoms with Crippen LogP contribution in [0.5, 0.6) is 5.75 Å². The molecule has 2 N–H and O–H groups in total. The SMILES string of the molecule is CN(C(=O)CC#N)c1cccc(-n2c(=O)n(-c3ccc(OC4=CC=CCC4)cc3)c3c(N)ncnc32)c1. The summed E-state index contributed by atoms with van der Waals surface area (Å²) in [6, 6.07) is 15.9. The number of ether oxygens (including phenoxy) is 1. The summed E-state index contributed by atoms with van der Waals surface area (Å²) < 4.78 is 8.82. The molecule has 0 saturated heterocycles. The molecule has 0 fully saturated rings. The number of aromatic nitrogens is 4. The third-order valence-electron chi connectivity index (χ3n) is 6.05. The summed E-state index contributed by atoms with van der Waals surface area (Å²) in [4.78, 5) is 35.8. The van der Waals surface area contributed by atoms with Crippen LogP contribution in [0.1, 0.15) is 19.3 Å². The van der Waals surface area contributed by atoms with Gasteiger partial charge in [-0.3, -0.25) is 9.36 Å². The van der Waals surface area contributed by atoms with Gasteiger partial charge >= 0.3 is 5.69 Å². The lowest BCUT2D eigenvalue weighted by Crippen LogP contribution is -2.26. The molecule has 2 heterocycles. The number of benzene rings is 2. The van der Waals surface area contributed by atoms with Crippen molar-refractivity contribution in [3.63, 3.8) is 0 Å². The van der Waals surface area contributed by atoms with E-state index < -0.39 is 5.69 Å². The van der Waals surface area contributed by atoms with Crippen LogP contribution < -0.4 is 21.1 Å². The minimum Gasteiger partial charge on any atom is -0.462 e. The number of rotatable bonds is 6. The van der Waals surface area contributed by atoms with E-state index in [9.17, 15) is 9.59 Å². The minimum atomic E-state index is -0.404. The van der Waals surface area contributed by atoms with E-state index in [1.54, 1.807) is 55.6 Å². The molecule has 0 spiro atoms. The highest BCUT2D eigenvalue weighted by Gasteiger charge is 2.21. The highest BCUT2D eigenvalue weighted by molar-refractivity contribution is 5.94. The minimum absolute atomic E-state index is 0.151. The van der Waals surface area contributed by atoms with E-state index in [4.69, 9.17) is 15.7 Å². The normalized spacial score (nSPS) is 12.7. The number of hydrogen-bond acceptors (Lipinski definition) is 7. The lowest BCUT2D eigenvalue weighted by Gasteiger charge is -2.16. The van der Waals surface area contributed by atoms with Gasteiger partial charge in [-0.15, -0.1) is 0 Å². The summed E-state index contributed by atoms with van der Waals surface area (Å²) >= 11 is 0. The fourth-order valence-corrected chi connectivity index (χ4v) is 4.17. The second-order valence-corrected chi connectivity index (χ2v) is 8.39. The van der Waals surface area contributed by atoms with Crippen molar-refractivity contribution in [3.05, 3.63) is 89.3 Å². The van der Waals surface area contributed by atoms with Gasteiger partial charge in [-0.05, 0) is 55.0 Å². The van der Waals surface area contributed by atoms with Gasteiger partial charge in [0.05, 0.1) is 17.4 Å². The Bertz CT molecular complexity index is 1660. The van der Waals surface area contributed by atoms with Crippen LogP contribution in [0, 0.1) is 11.3 Å². The zero-order chi connectivity index (χ0) is 25.9. The summed E-state index contributed by atoms with van der Waals surface area (Å²) in [7, 11) is 1.58. The number of imidazole rings is 1. The maximum absolute atomic E-state index is 13.8. The fraction of sp³-hybridized carbons (Fsp3) is 0.148. The number of anilines is 2. The zero-order valence-corrected chi connectivity index (χ0v) is 20.0. The lowest BCUT2D eigenvalue weighted by atomic mass is 10.2. The number of nitrogen functional groups attached to an aromatic ring is 1. The Hall–Kier alpha value is -5.17. The molecule has 37 heavy (non-hydrogen) atoms. The first kappa shape index (κ1) is 23.6. The Morgan fingerprint density at radius 2 is 1.97 bits per heavy atom. The van der Waals surface area contributed by atoms with Crippen molar-refractivity contribution in [1.29, 1.82) is 5.26 Å². The van der Waals surface area contributed by atoms with Crippen molar-refractivity contribution in [2.45, 2.75) is 19.3 Å². The van der Waals surface area contributed by atoms with Crippen LogP contribution in [0.4, 0.5) is 11.5 Å². The monoisotopic (exact) mass is 493 g/mol. The topological polar surface area (TPSA) is 132 Å². The van der Waals surface area contributed by atoms with E-state index in [1.807, 2.05) is 18.2 Å². The Morgan fingerprint density at radius 3 is 2.70 bits per heavy atom. The maximum Gasteiger partial charge on any atom is 0.339 e. The van der Waals surface area contributed by atoms with Crippen LogP contribution in [0.25, 0.3) is 22.5 Å². The zero-order valence-electron chi connectivity index (χ0n) is 20.0. The molecule has 10 nitrogen and oxygen atoms in total. The van der Waals surface area contributed by atoms with Crippen LogP contribution in [0.15, 0.2) is 83.6 Å². The van der Waals surface area contributed by atoms with Gasteiger partial charge in [0.1, 0.15) is 29.8 Å². The Morgan fingerprint density at radius 1 is 1.16 bits per heavy atom. The number of fused-ring (bicyclic) bond motifs is 1. The van der Waals surface area contributed by atoms with Gasteiger partial charge in [0.15, 0.2) is 11.5 Å². The molecule has 2 aromatic carbocycles. The molecule has 0 bridgehead atoms.